The third-order valence-corrected chi connectivity index (χ3v) is 3.40. The average Bonchev–Trinajstić information content (AvgIpc) is 3.02. The number of aromatic nitrogens is 1. The van der Waals surface area contributed by atoms with Gasteiger partial charge >= 0.3 is 0 Å². The van der Waals surface area contributed by atoms with Crippen molar-refractivity contribution in [3.05, 3.63) is 84.2 Å². The molecule has 0 aliphatic carbocycles. The number of rotatable bonds is 3. The molecule has 104 valence electrons. The Bertz CT molecular complexity index is 760. The van der Waals surface area contributed by atoms with Gasteiger partial charge < -0.3 is 9.88 Å². The number of hydrogen-bond donors (Lipinski definition) is 1. The van der Waals surface area contributed by atoms with E-state index in [1.807, 2.05) is 84.5 Å². The Labute approximate surface area is 123 Å². The van der Waals surface area contributed by atoms with Crippen LogP contribution in [-0.4, -0.2) is 10.5 Å². The van der Waals surface area contributed by atoms with Crippen LogP contribution in [0.5, 0.6) is 0 Å². The van der Waals surface area contributed by atoms with Crippen molar-refractivity contribution in [1.29, 1.82) is 0 Å². The first-order valence-corrected chi connectivity index (χ1v) is 6.84. The summed E-state index contributed by atoms with van der Waals surface area (Å²) in [4.78, 5) is 12.3. The van der Waals surface area contributed by atoms with E-state index in [9.17, 15) is 4.79 Å². The number of carbonyl (C=O) groups excluding carboxylic acids is 1. The molecule has 0 bridgehead atoms. The van der Waals surface area contributed by atoms with Gasteiger partial charge in [0.05, 0.1) is 0 Å². The number of nitrogens with zero attached hydrogens (tertiary/aromatic N) is 1. The van der Waals surface area contributed by atoms with Crippen LogP contribution in [0.25, 0.3) is 5.69 Å². The van der Waals surface area contributed by atoms with Crippen LogP contribution >= 0.6 is 0 Å². The predicted molar refractivity (Wildman–Crippen MR) is 84.9 cm³/mol. The van der Waals surface area contributed by atoms with Crippen LogP contribution in [0.1, 0.15) is 15.9 Å². The summed E-state index contributed by atoms with van der Waals surface area (Å²) in [5, 5.41) is 2.95. The van der Waals surface area contributed by atoms with Crippen LogP contribution in [0.3, 0.4) is 0 Å². The normalized spacial score (nSPS) is 10.3. The van der Waals surface area contributed by atoms with Gasteiger partial charge in [0.15, 0.2) is 0 Å². The van der Waals surface area contributed by atoms with Crippen molar-refractivity contribution in [3.63, 3.8) is 0 Å². The van der Waals surface area contributed by atoms with Gasteiger partial charge in [-0.1, -0.05) is 24.3 Å². The second kappa shape index (κ2) is 5.67. The van der Waals surface area contributed by atoms with Gasteiger partial charge in [-0.2, -0.15) is 0 Å². The molecule has 1 heterocycles. The van der Waals surface area contributed by atoms with E-state index >= 15 is 0 Å². The number of anilines is 1. The van der Waals surface area contributed by atoms with E-state index in [0.717, 1.165) is 16.9 Å². The number of nitrogens with one attached hydrogen (secondary N) is 1. The number of hydrogen-bond acceptors (Lipinski definition) is 1. The first kappa shape index (κ1) is 13.2. The summed E-state index contributed by atoms with van der Waals surface area (Å²) in [5.74, 6) is -0.0854. The first-order chi connectivity index (χ1) is 10.2. The Morgan fingerprint density at radius 2 is 1.71 bits per heavy atom. The van der Waals surface area contributed by atoms with E-state index in [0.29, 0.717) is 5.56 Å². The molecule has 0 saturated heterocycles. The lowest BCUT2D eigenvalue weighted by molar-refractivity contribution is 0.102. The van der Waals surface area contributed by atoms with E-state index in [4.69, 9.17) is 0 Å². The topological polar surface area (TPSA) is 34.0 Å². The molecule has 3 nitrogen and oxygen atoms in total. The highest BCUT2D eigenvalue weighted by Gasteiger charge is 2.08. The SMILES string of the molecule is Cc1ccccc1C(=O)Nc1cccc(-n2cccc2)c1. The van der Waals surface area contributed by atoms with Gasteiger partial charge in [0.2, 0.25) is 0 Å². The van der Waals surface area contributed by atoms with Gasteiger partial charge in [0.25, 0.3) is 5.91 Å². The molecular formula is C18H16N2O. The van der Waals surface area contributed by atoms with Crippen LogP contribution in [0, 0.1) is 6.92 Å². The standard InChI is InChI=1S/C18H16N2O/c1-14-7-2-3-10-17(14)18(21)19-15-8-6-9-16(13-15)20-11-4-5-12-20/h2-13H,1H3,(H,19,21). The van der Waals surface area contributed by atoms with Crippen LogP contribution in [-0.2, 0) is 0 Å². The van der Waals surface area contributed by atoms with Gasteiger partial charge in [-0.3, -0.25) is 4.79 Å². The molecule has 1 amide bonds. The van der Waals surface area contributed by atoms with Crippen molar-refractivity contribution in [3.8, 4) is 5.69 Å². The number of aryl methyl sites for hydroxylation is 1. The molecule has 3 rings (SSSR count). The third-order valence-electron chi connectivity index (χ3n) is 3.40. The summed E-state index contributed by atoms with van der Waals surface area (Å²) < 4.78 is 2.00. The molecule has 0 aliphatic heterocycles. The van der Waals surface area contributed by atoms with Gasteiger partial charge in [0, 0.05) is 29.3 Å². The van der Waals surface area contributed by atoms with Crippen molar-refractivity contribution >= 4 is 11.6 Å². The van der Waals surface area contributed by atoms with Crippen LogP contribution in [0.4, 0.5) is 5.69 Å². The molecular weight excluding hydrogens is 260 g/mol. The van der Waals surface area contributed by atoms with E-state index in [-0.39, 0.29) is 5.91 Å². The Kier molecular flexibility index (Phi) is 3.56. The fraction of sp³-hybridized carbons (Fsp3) is 0.0556. The lowest BCUT2D eigenvalue weighted by Gasteiger charge is -2.09. The van der Waals surface area contributed by atoms with E-state index in [1.54, 1.807) is 0 Å². The number of carbonyl (C=O) groups is 1. The minimum atomic E-state index is -0.0854. The Morgan fingerprint density at radius 3 is 2.48 bits per heavy atom. The number of amides is 1. The fourth-order valence-corrected chi connectivity index (χ4v) is 2.28. The van der Waals surface area contributed by atoms with E-state index in [2.05, 4.69) is 5.32 Å². The summed E-state index contributed by atoms with van der Waals surface area (Å²) in [7, 11) is 0. The molecule has 0 fully saturated rings. The number of benzene rings is 2. The average molecular weight is 276 g/mol. The zero-order valence-electron chi connectivity index (χ0n) is 11.8. The second-order valence-electron chi connectivity index (χ2n) is 4.91. The third kappa shape index (κ3) is 2.87. The summed E-state index contributed by atoms with van der Waals surface area (Å²) in [5.41, 5.74) is 3.47. The molecule has 1 aromatic heterocycles. The smallest absolute Gasteiger partial charge is 0.255 e. The first-order valence-electron chi connectivity index (χ1n) is 6.84. The van der Waals surface area contributed by atoms with Crippen LogP contribution in [0.15, 0.2) is 73.1 Å². The minimum absolute atomic E-state index is 0.0854. The summed E-state index contributed by atoms with van der Waals surface area (Å²) >= 11 is 0. The minimum Gasteiger partial charge on any atom is -0.324 e. The summed E-state index contributed by atoms with van der Waals surface area (Å²) in [6, 6.07) is 19.3. The maximum absolute atomic E-state index is 12.3. The highest BCUT2D eigenvalue weighted by Crippen LogP contribution is 2.16. The molecule has 3 heteroatoms. The maximum Gasteiger partial charge on any atom is 0.255 e. The molecule has 0 atom stereocenters. The molecule has 2 aromatic carbocycles. The van der Waals surface area contributed by atoms with E-state index < -0.39 is 0 Å². The predicted octanol–water partition coefficient (Wildman–Crippen LogP) is 4.04. The largest absolute Gasteiger partial charge is 0.324 e. The molecule has 0 aliphatic rings. The summed E-state index contributed by atoms with van der Waals surface area (Å²) in [6.45, 7) is 1.94. The monoisotopic (exact) mass is 276 g/mol. The zero-order valence-corrected chi connectivity index (χ0v) is 11.8. The van der Waals surface area contributed by atoms with Crippen molar-refractivity contribution in [2.45, 2.75) is 6.92 Å². The van der Waals surface area contributed by atoms with Gasteiger partial charge in [0.1, 0.15) is 0 Å². The van der Waals surface area contributed by atoms with Crippen molar-refractivity contribution in [1.82, 2.24) is 4.57 Å². The van der Waals surface area contributed by atoms with Crippen molar-refractivity contribution in [2.24, 2.45) is 0 Å². The Balaban J connectivity index is 1.84. The quantitative estimate of drug-likeness (QED) is 0.769. The fourth-order valence-electron chi connectivity index (χ4n) is 2.28. The maximum atomic E-state index is 12.3. The molecule has 0 saturated carbocycles. The van der Waals surface area contributed by atoms with Crippen LogP contribution in [0.2, 0.25) is 0 Å². The molecule has 21 heavy (non-hydrogen) atoms. The van der Waals surface area contributed by atoms with Gasteiger partial charge in [-0.25, -0.2) is 0 Å². The van der Waals surface area contributed by atoms with Crippen LogP contribution < -0.4 is 5.32 Å². The molecule has 0 spiro atoms. The highest BCUT2D eigenvalue weighted by molar-refractivity contribution is 6.05. The lowest BCUT2D eigenvalue weighted by Crippen LogP contribution is -2.13. The zero-order chi connectivity index (χ0) is 14.7. The highest BCUT2D eigenvalue weighted by atomic mass is 16.1. The lowest BCUT2D eigenvalue weighted by atomic mass is 10.1. The molecule has 1 N–H and O–H groups in total. The molecule has 0 radical (unpaired) electrons. The van der Waals surface area contributed by atoms with Gasteiger partial charge in [-0.15, -0.1) is 0 Å². The second-order valence-corrected chi connectivity index (χ2v) is 4.91. The molecule has 3 aromatic rings. The van der Waals surface area contributed by atoms with E-state index in [1.165, 1.54) is 0 Å². The van der Waals surface area contributed by atoms with Gasteiger partial charge in [-0.05, 0) is 48.9 Å². The summed E-state index contributed by atoms with van der Waals surface area (Å²) in [6.07, 6.45) is 3.95. The Morgan fingerprint density at radius 1 is 0.952 bits per heavy atom. The molecule has 0 unspecified atom stereocenters. The Hall–Kier alpha value is -2.81. The van der Waals surface area contributed by atoms with Crippen molar-refractivity contribution in [2.75, 3.05) is 5.32 Å². The van der Waals surface area contributed by atoms with Crippen molar-refractivity contribution < 1.29 is 4.79 Å².